The number of aryl methyl sites for hydroxylation is 2. The Morgan fingerprint density at radius 2 is 1.91 bits per heavy atom. The quantitative estimate of drug-likeness (QED) is 0.340. The normalized spacial score (nSPS) is 16.9. The smallest absolute Gasteiger partial charge is 0.283 e. The highest BCUT2D eigenvalue weighted by molar-refractivity contribution is 8.27. The molecule has 0 unspecified atom stereocenters. The van der Waals surface area contributed by atoms with Gasteiger partial charge in [0.1, 0.15) is 5.04 Å². The summed E-state index contributed by atoms with van der Waals surface area (Å²) in [5.74, 6) is -0.202. The maximum atomic E-state index is 12.8. The highest BCUT2D eigenvalue weighted by atomic mass is 32.2. The van der Waals surface area contributed by atoms with Crippen LogP contribution in [0.1, 0.15) is 49.2 Å². The molecule has 1 N–H and O–H groups in total. The van der Waals surface area contributed by atoms with Crippen LogP contribution in [-0.4, -0.2) is 36.5 Å². The van der Waals surface area contributed by atoms with Crippen LogP contribution in [0.4, 0.5) is 5.69 Å². The molecule has 0 saturated carbocycles. The molecule has 2 aromatic rings. The monoisotopic (exact) mass is 478 g/mol. The molecule has 0 saturated heterocycles. The zero-order valence-electron chi connectivity index (χ0n) is 19.7. The third kappa shape index (κ3) is 3.98. The van der Waals surface area contributed by atoms with Crippen molar-refractivity contribution in [2.45, 2.75) is 47.5 Å². The third-order valence-corrected chi connectivity index (χ3v) is 7.29. The van der Waals surface area contributed by atoms with E-state index in [-0.39, 0.29) is 23.0 Å². The van der Waals surface area contributed by atoms with Gasteiger partial charge in [-0.05, 0) is 68.6 Å². The van der Waals surface area contributed by atoms with Crippen molar-refractivity contribution in [3.63, 3.8) is 0 Å². The number of rotatable bonds is 6. The number of nitrogens with one attached hydrogen (secondary N) is 1. The average Bonchev–Trinajstić information content (AvgIpc) is 3.33. The Morgan fingerprint density at radius 3 is 2.56 bits per heavy atom. The number of hydrogen-bond acceptors (Lipinski definition) is 6. The Balaban J connectivity index is 1.74. The maximum absolute atomic E-state index is 12.8. The van der Waals surface area contributed by atoms with E-state index < -0.39 is 10.8 Å². The van der Waals surface area contributed by atoms with E-state index in [0.717, 1.165) is 40.4 Å². The summed E-state index contributed by atoms with van der Waals surface area (Å²) in [6, 6.07) is 6.66. The average molecular weight is 479 g/mol. The van der Waals surface area contributed by atoms with Crippen LogP contribution in [0.15, 0.2) is 39.9 Å². The minimum Gasteiger partial charge on any atom is -0.317 e. The molecule has 9 nitrogen and oxygen atoms in total. The largest absolute Gasteiger partial charge is 0.317 e. The Labute approximate surface area is 201 Å². The molecule has 2 aliphatic rings. The Bertz CT molecular complexity index is 1320. The minimum atomic E-state index is -0.471. The summed E-state index contributed by atoms with van der Waals surface area (Å²) < 4.78 is 1.93. The second kappa shape index (κ2) is 9.02. The maximum Gasteiger partial charge on any atom is 0.283 e. The van der Waals surface area contributed by atoms with Crippen molar-refractivity contribution in [1.82, 2.24) is 9.58 Å². The van der Waals surface area contributed by atoms with E-state index in [4.69, 9.17) is 5.41 Å². The van der Waals surface area contributed by atoms with Crippen molar-refractivity contribution in [3.8, 4) is 5.69 Å². The summed E-state index contributed by atoms with van der Waals surface area (Å²) in [5, 5.41) is 27.3. The zero-order valence-corrected chi connectivity index (χ0v) is 20.6. The standard InChI is InChI=1S/C24H26N6O3S/c1-6-16(7-2)23-27-29-21(25)19(22(31)26-24(29)34-23)11-17-10-14(4)28(15(17)5)20-12-18(30(32)33)9-8-13(20)3/h8-12,16,25H,6-7H2,1-5H3/b19-11-,25-21?. The highest BCUT2D eigenvalue weighted by Gasteiger charge is 2.37. The van der Waals surface area contributed by atoms with Crippen molar-refractivity contribution in [2.24, 2.45) is 16.0 Å². The number of fused-ring (bicyclic) bond motifs is 1. The summed E-state index contributed by atoms with van der Waals surface area (Å²) in [7, 11) is 0. The van der Waals surface area contributed by atoms with Crippen LogP contribution in [0.3, 0.4) is 0 Å². The van der Waals surface area contributed by atoms with Gasteiger partial charge in [0.25, 0.3) is 11.6 Å². The molecule has 4 rings (SSSR count). The van der Waals surface area contributed by atoms with E-state index in [9.17, 15) is 14.9 Å². The zero-order chi connectivity index (χ0) is 24.7. The van der Waals surface area contributed by atoms with Gasteiger partial charge in [0.2, 0.25) is 5.17 Å². The van der Waals surface area contributed by atoms with E-state index in [1.54, 1.807) is 18.2 Å². The number of amides is 1. The van der Waals surface area contributed by atoms with Crippen molar-refractivity contribution >= 4 is 45.5 Å². The number of hydrazone groups is 1. The molecule has 0 radical (unpaired) electrons. The lowest BCUT2D eigenvalue weighted by Crippen LogP contribution is -2.35. The van der Waals surface area contributed by atoms with Gasteiger partial charge in [-0.15, -0.1) is 0 Å². The van der Waals surface area contributed by atoms with Gasteiger partial charge in [-0.2, -0.15) is 15.1 Å². The molecule has 3 heterocycles. The fourth-order valence-electron chi connectivity index (χ4n) is 4.22. The number of aromatic nitrogens is 1. The predicted molar refractivity (Wildman–Crippen MR) is 136 cm³/mol. The topological polar surface area (TPSA) is 117 Å². The number of carbonyl (C=O) groups excluding carboxylic acids is 1. The van der Waals surface area contributed by atoms with Gasteiger partial charge in [0, 0.05) is 29.4 Å². The highest BCUT2D eigenvalue weighted by Crippen LogP contribution is 2.34. The van der Waals surface area contributed by atoms with Crippen LogP contribution in [0.2, 0.25) is 0 Å². The van der Waals surface area contributed by atoms with Gasteiger partial charge >= 0.3 is 0 Å². The molecule has 0 bridgehead atoms. The van der Waals surface area contributed by atoms with Crippen molar-refractivity contribution in [3.05, 3.63) is 62.5 Å². The molecule has 1 aromatic heterocycles. The Morgan fingerprint density at radius 1 is 1.21 bits per heavy atom. The molecule has 0 fully saturated rings. The second-order valence-electron chi connectivity index (χ2n) is 8.36. The van der Waals surface area contributed by atoms with Gasteiger partial charge in [-0.25, -0.2) is 0 Å². The number of amidine groups is 2. The molecule has 0 aliphatic carbocycles. The minimum absolute atomic E-state index is 0.000196. The summed E-state index contributed by atoms with van der Waals surface area (Å²) in [6.45, 7) is 9.88. The number of aliphatic imine (C=N–C) groups is 1. The van der Waals surface area contributed by atoms with Crippen LogP contribution in [-0.2, 0) is 4.79 Å². The second-order valence-corrected chi connectivity index (χ2v) is 9.35. The van der Waals surface area contributed by atoms with Crippen LogP contribution in [0.5, 0.6) is 0 Å². The number of thioether (sulfide) groups is 1. The third-order valence-electron chi connectivity index (χ3n) is 6.22. The molecule has 0 spiro atoms. The summed E-state index contributed by atoms with van der Waals surface area (Å²) in [5.41, 5.74) is 4.17. The number of non-ortho nitro benzene ring substituents is 1. The van der Waals surface area contributed by atoms with E-state index in [0.29, 0.717) is 10.9 Å². The molecule has 176 valence electrons. The first-order chi connectivity index (χ1) is 16.2. The Kier molecular flexibility index (Phi) is 6.26. The molecule has 0 atom stereocenters. The predicted octanol–water partition coefficient (Wildman–Crippen LogP) is 5.37. The molecule has 2 aliphatic heterocycles. The fraction of sp³-hybridized carbons (Fsp3) is 0.333. The van der Waals surface area contributed by atoms with Gasteiger partial charge in [-0.3, -0.25) is 20.3 Å². The first kappa shape index (κ1) is 23.6. The molecule has 34 heavy (non-hydrogen) atoms. The van der Waals surface area contributed by atoms with Crippen molar-refractivity contribution in [1.29, 1.82) is 5.41 Å². The summed E-state index contributed by atoms with van der Waals surface area (Å²) in [6.07, 6.45) is 3.51. The summed E-state index contributed by atoms with van der Waals surface area (Å²) in [4.78, 5) is 27.9. The molecular weight excluding hydrogens is 452 g/mol. The molecule has 10 heteroatoms. The number of nitrogens with zero attached hydrogens (tertiary/aromatic N) is 5. The lowest BCUT2D eigenvalue weighted by Gasteiger charge is -2.20. The Hall–Kier alpha value is -3.53. The number of benzene rings is 1. The molecule has 1 aromatic carbocycles. The lowest BCUT2D eigenvalue weighted by atomic mass is 10.1. The van der Waals surface area contributed by atoms with Crippen LogP contribution >= 0.6 is 11.8 Å². The van der Waals surface area contributed by atoms with E-state index >= 15 is 0 Å². The van der Waals surface area contributed by atoms with Crippen LogP contribution < -0.4 is 0 Å². The van der Waals surface area contributed by atoms with Crippen molar-refractivity contribution < 1.29 is 9.72 Å². The molecule has 1 amide bonds. The van der Waals surface area contributed by atoms with Gasteiger partial charge in [-0.1, -0.05) is 19.9 Å². The lowest BCUT2D eigenvalue weighted by molar-refractivity contribution is -0.384. The van der Waals surface area contributed by atoms with Gasteiger partial charge in [0.05, 0.1) is 16.2 Å². The number of hydrogen-bond donors (Lipinski definition) is 1. The summed E-state index contributed by atoms with van der Waals surface area (Å²) >= 11 is 1.36. The first-order valence-corrected chi connectivity index (χ1v) is 11.9. The molecular formula is C24H26N6O3S. The van der Waals surface area contributed by atoms with Crippen LogP contribution in [0.25, 0.3) is 11.8 Å². The number of nitro benzene ring substituents is 1. The SMILES string of the molecule is CCC(CC)C1=NN2C(=N)/C(=C/c3cc(C)n(-c4cc([N+](=O)[O-])ccc4C)c3C)C(=O)N=C2S1. The van der Waals surface area contributed by atoms with E-state index in [1.807, 2.05) is 31.4 Å². The van der Waals surface area contributed by atoms with E-state index in [1.165, 1.54) is 22.8 Å². The number of carbonyl (C=O) groups is 1. The number of nitro groups is 1. The van der Waals surface area contributed by atoms with E-state index in [2.05, 4.69) is 23.9 Å². The van der Waals surface area contributed by atoms with Gasteiger partial charge in [0.15, 0.2) is 5.84 Å². The van der Waals surface area contributed by atoms with Crippen LogP contribution in [0, 0.1) is 42.2 Å². The van der Waals surface area contributed by atoms with Crippen molar-refractivity contribution in [2.75, 3.05) is 0 Å². The fourth-order valence-corrected chi connectivity index (χ4v) is 5.38. The first-order valence-electron chi connectivity index (χ1n) is 11.1. The van der Waals surface area contributed by atoms with Gasteiger partial charge < -0.3 is 4.57 Å².